The highest BCUT2D eigenvalue weighted by Crippen LogP contribution is 2.25. The van der Waals surface area contributed by atoms with Crippen molar-refractivity contribution >= 4 is 29.1 Å². The van der Waals surface area contributed by atoms with Gasteiger partial charge in [0.1, 0.15) is 10.3 Å². The van der Waals surface area contributed by atoms with Crippen LogP contribution in [0.5, 0.6) is 0 Å². The van der Waals surface area contributed by atoms with Crippen LogP contribution in [0.15, 0.2) is 12.1 Å². The second-order valence-corrected chi connectivity index (χ2v) is 5.62. The zero-order valence-electron chi connectivity index (χ0n) is 10.5. The van der Waals surface area contributed by atoms with Gasteiger partial charge < -0.3 is 4.90 Å². The molecule has 0 aliphatic carbocycles. The second kappa shape index (κ2) is 5.45. The summed E-state index contributed by atoms with van der Waals surface area (Å²) in [6, 6.07) is 3.66. The first-order chi connectivity index (χ1) is 8.49. The number of hydrogen-bond acceptors (Lipinski definition) is 2. The van der Waals surface area contributed by atoms with E-state index in [1.165, 1.54) is 6.42 Å². The van der Waals surface area contributed by atoms with Gasteiger partial charge in [0.25, 0.3) is 5.91 Å². The molecule has 98 valence electrons. The van der Waals surface area contributed by atoms with E-state index in [9.17, 15) is 4.79 Å². The standard InChI is InChI=1S/C13H16Cl2N2O/c1-8-4-3-5-9(2)17(8)13(18)10-6-11(14)16-12(15)7-10/h6-9H,3-5H2,1-2H3/t8-,9+. The first kappa shape index (κ1) is 13.6. The van der Waals surface area contributed by atoms with Gasteiger partial charge in [0, 0.05) is 17.6 Å². The molecule has 5 heteroatoms. The lowest BCUT2D eigenvalue weighted by Crippen LogP contribution is -2.47. The maximum absolute atomic E-state index is 12.5. The van der Waals surface area contributed by atoms with Gasteiger partial charge in [-0.1, -0.05) is 23.2 Å². The van der Waals surface area contributed by atoms with E-state index in [1.807, 2.05) is 4.90 Å². The topological polar surface area (TPSA) is 33.2 Å². The summed E-state index contributed by atoms with van der Waals surface area (Å²) in [7, 11) is 0. The maximum atomic E-state index is 12.5. The number of carbonyl (C=O) groups is 1. The first-order valence-corrected chi connectivity index (χ1v) is 6.90. The average Bonchev–Trinajstić information content (AvgIpc) is 2.27. The van der Waals surface area contributed by atoms with Crippen LogP contribution < -0.4 is 0 Å². The molecular weight excluding hydrogens is 271 g/mol. The minimum atomic E-state index is -0.0131. The molecule has 0 bridgehead atoms. The predicted octanol–water partition coefficient (Wildman–Crippen LogP) is 3.79. The van der Waals surface area contributed by atoms with Crippen LogP contribution in [0.25, 0.3) is 0 Å². The number of aromatic nitrogens is 1. The molecule has 0 unspecified atom stereocenters. The Labute approximate surface area is 117 Å². The first-order valence-electron chi connectivity index (χ1n) is 6.15. The SMILES string of the molecule is C[C@@H]1CCC[C@H](C)N1C(=O)c1cc(Cl)nc(Cl)c1. The molecule has 0 N–H and O–H groups in total. The van der Waals surface area contributed by atoms with Crippen LogP contribution in [0, 0.1) is 0 Å². The minimum Gasteiger partial charge on any atom is -0.333 e. The van der Waals surface area contributed by atoms with Crippen molar-refractivity contribution in [2.24, 2.45) is 0 Å². The predicted molar refractivity (Wildman–Crippen MR) is 73.2 cm³/mol. The number of nitrogens with zero attached hydrogens (tertiary/aromatic N) is 2. The van der Waals surface area contributed by atoms with Crippen molar-refractivity contribution in [3.8, 4) is 0 Å². The minimum absolute atomic E-state index is 0.0131. The molecule has 2 heterocycles. The quantitative estimate of drug-likeness (QED) is 0.736. The maximum Gasteiger partial charge on any atom is 0.254 e. The Hall–Kier alpha value is -0.800. The Morgan fingerprint density at radius 3 is 2.22 bits per heavy atom. The summed E-state index contributed by atoms with van der Waals surface area (Å²) in [5.41, 5.74) is 0.514. The van der Waals surface area contributed by atoms with E-state index in [0.717, 1.165) is 12.8 Å². The highest BCUT2D eigenvalue weighted by molar-refractivity contribution is 6.33. The molecular formula is C13H16Cl2N2O. The number of likely N-dealkylation sites (tertiary alicyclic amines) is 1. The van der Waals surface area contributed by atoms with Crippen molar-refractivity contribution < 1.29 is 4.79 Å². The van der Waals surface area contributed by atoms with Gasteiger partial charge in [0.15, 0.2) is 0 Å². The Morgan fingerprint density at radius 1 is 1.22 bits per heavy atom. The molecule has 18 heavy (non-hydrogen) atoms. The number of piperidine rings is 1. The fourth-order valence-corrected chi connectivity index (χ4v) is 3.02. The van der Waals surface area contributed by atoms with E-state index in [4.69, 9.17) is 23.2 Å². The van der Waals surface area contributed by atoms with Crippen LogP contribution in [-0.4, -0.2) is 27.9 Å². The van der Waals surface area contributed by atoms with Gasteiger partial charge >= 0.3 is 0 Å². The summed E-state index contributed by atoms with van der Waals surface area (Å²) in [6.07, 6.45) is 3.26. The highest BCUT2D eigenvalue weighted by Gasteiger charge is 2.29. The Morgan fingerprint density at radius 2 is 1.72 bits per heavy atom. The van der Waals surface area contributed by atoms with Crippen molar-refractivity contribution in [3.63, 3.8) is 0 Å². The van der Waals surface area contributed by atoms with E-state index in [2.05, 4.69) is 18.8 Å². The van der Waals surface area contributed by atoms with Gasteiger partial charge in [-0.25, -0.2) is 4.98 Å². The molecule has 1 saturated heterocycles. The van der Waals surface area contributed by atoms with Crippen molar-refractivity contribution in [2.45, 2.75) is 45.2 Å². The highest BCUT2D eigenvalue weighted by atomic mass is 35.5. The van der Waals surface area contributed by atoms with Crippen molar-refractivity contribution in [1.29, 1.82) is 0 Å². The Bertz CT molecular complexity index is 434. The lowest BCUT2D eigenvalue weighted by molar-refractivity contribution is 0.0510. The molecule has 0 spiro atoms. The van der Waals surface area contributed by atoms with Gasteiger partial charge in [-0.15, -0.1) is 0 Å². The van der Waals surface area contributed by atoms with Crippen LogP contribution in [0.4, 0.5) is 0 Å². The molecule has 0 aromatic carbocycles. The van der Waals surface area contributed by atoms with E-state index < -0.39 is 0 Å². The van der Waals surface area contributed by atoms with Gasteiger partial charge in [0.05, 0.1) is 0 Å². The van der Waals surface area contributed by atoms with Crippen LogP contribution in [0.1, 0.15) is 43.5 Å². The van der Waals surface area contributed by atoms with Crippen LogP contribution in [0.3, 0.4) is 0 Å². The summed E-state index contributed by atoms with van der Waals surface area (Å²) in [5.74, 6) is -0.0131. The third kappa shape index (κ3) is 2.78. The number of carbonyl (C=O) groups excluding carboxylic acids is 1. The summed E-state index contributed by atoms with van der Waals surface area (Å²) in [5, 5.41) is 0.506. The fraction of sp³-hybridized carbons (Fsp3) is 0.538. The molecule has 1 amide bonds. The summed E-state index contributed by atoms with van der Waals surface area (Å²) in [6.45, 7) is 4.16. The summed E-state index contributed by atoms with van der Waals surface area (Å²) in [4.78, 5) is 18.3. The molecule has 1 aliphatic rings. The molecule has 1 aliphatic heterocycles. The van der Waals surface area contributed by atoms with Crippen molar-refractivity contribution in [1.82, 2.24) is 9.88 Å². The molecule has 3 nitrogen and oxygen atoms in total. The average molecular weight is 287 g/mol. The number of pyridine rings is 1. The third-order valence-corrected chi connectivity index (χ3v) is 3.83. The number of amides is 1. The van der Waals surface area contributed by atoms with Crippen molar-refractivity contribution in [2.75, 3.05) is 0 Å². The fourth-order valence-electron chi connectivity index (χ4n) is 2.56. The van der Waals surface area contributed by atoms with Crippen LogP contribution in [0.2, 0.25) is 10.3 Å². The lowest BCUT2D eigenvalue weighted by Gasteiger charge is -2.39. The van der Waals surface area contributed by atoms with E-state index in [-0.39, 0.29) is 28.3 Å². The zero-order valence-corrected chi connectivity index (χ0v) is 12.0. The van der Waals surface area contributed by atoms with E-state index in [0.29, 0.717) is 5.56 Å². The molecule has 2 atom stereocenters. The lowest BCUT2D eigenvalue weighted by atomic mass is 9.96. The summed E-state index contributed by atoms with van der Waals surface area (Å²) < 4.78 is 0. The number of hydrogen-bond donors (Lipinski definition) is 0. The van der Waals surface area contributed by atoms with Crippen molar-refractivity contribution in [3.05, 3.63) is 28.0 Å². The van der Waals surface area contributed by atoms with Gasteiger partial charge in [-0.05, 0) is 45.2 Å². The molecule has 1 aromatic rings. The Balaban J connectivity index is 2.29. The molecule has 2 rings (SSSR count). The third-order valence-electron chi connectivity index (χ3n) is 3.44. The van der Waals surface area contributed by atoms with E-state index >= 15 is 0 Å². The van der Waals surface area contributed by atoms with Gasteiger partial charge in [-0.3, -0.25) is 4.79 Å². The largest absolute Gasteiger partial charge is 0.333 e. The van der Waals surface area contributed by atoms with Gasteiger partial charge in [-0.2, -0.15) is 0 Å². The molecule has 0 radical (unpaired) electrons. The normalized spacial score (nSPS) is 24.1. The summed E-state index contributed by atoms with van der Waals surface area (Å²) >= 11 is 11.7. The smallest absolute Gasteiger partial charge is 0.254 e. The van der Waals surface area contributed by atoms with E-state index in [1.54, 1.807) is 12.1 Å². The zero-order chi connectivity index (χ0) is 13.3. The number of rotatable bonds is 1. The monoisotopic (exact) mass is 286 g/mol. The number of halogens is 2. The van der Waals surface area contributed by atoms with Crippen LogP contribution in [-0.2, 0) is 0 Å². The van der Waals surface area contributed by atoms with Gasteiger partial charge in [0.2, 0.25) is 0 Å². The Kier molecular flexibility index (Phi) is 4.13. The molecule has 1 aromatic heterocycles. The second-order valence-electron chi connectivity index (χ2n) is 4.84. The molecule has 0 saturated carbocycles. The molecule has 1 fully saturated rings. The van der Waals surface area contributed by atoms with Crippen LogP contribution >= 0.6 is 23.2 Å².